The van der Waals surface area contributed by atoms with E-state index in [1.165, 1.54) is 18.2 Å². The van der Waals surface area contributed by atoms with Crippen molar-refractivity contribution in [3.8, 4) is 11.1 Å². The minimum atomic E-state index is -0.761. The molecule has 3 heteroatoms. The maximum Gasteiger partial charge on any atom is 0.134 e. The Kier molecular flexibility index (Phi) is 2.69. The van der Waals surface area contributed by atoms with Gasteiger partial charge in [-0.3, -0.25) is 0 Å². The topological polar surface area (TPSA) is 0 Å². The molecule has 0 aliphatic carbocycles. The van der Waals surface area contributed by atoms with Crippen LogP contribution in [0, 0.1) is 24.4 Å². The van der Waals surface area contributed by atoms with Gasteiger partial charge in [-0.15, -0.1) is 0 Å². The van der Waals surface area contributed by atoms with Gasteiger partial charge in [0, 0.05) is 17.2 Å². The molecule has 0 radical (unpaired) electrons. The van der Waals surface area contributed by atoms with Gasteiger partial charge in [-0.25, -0.2) is 13.2 Å². The van der Waals surface area contributed by atoms with Gasteiger partial charge in [0.15, 0.2) is 0 Å². The number of benzene rings is 2. The molecule has 0 bridgehead atoms. The Morgan fingerprint density at radius 2 is 1.31 bits per heavy atom. The number of rotatable bonds is 1. The Morgan fingerprint density at radius 1 is 0.750 bits per heavy atom. The average molecular weight is 222 g/mol. The third kappa shape index (κ3) is 1.94. The standard InChI is InChI=1S/C13H9F3/c1-8-2-4-10(12(15)6-8)11-5-3-9(14)7-13(11)16/h2-7H,1H3. The molecular formula is C13H9F3. The molecule has 0 heterocycles. The van der Waals surface area contributed by atoms with Crippen molar-refractivity contribution in [1.82, 2.24) is 0 Å². The predicted octanol–water partition coefficient (Wildman–Crippen LogP) is 4.08. The summed E-state index contributed by atoms with van der Waals surface area (Å²) >= 11 is 0. The number of aryl methyl sites for hydroxylation is 1. The molecule has 0 aromatic heterocycles. The first-order valence-corrected chi connectivity index (χ1v) is 4.79. The first kappa shape index (κ1) is 10.7. The maximum absolute atomic E-state index is 13.6. The van der Waals surface area contributed by atoms with E-state index in [2.05, 4.69) is 0 Å². The number of hydrogen-bond donors (Lipinski definition) is 0. The van der Waals surface area contributed by atoms with Gasteiger partial charge in [-0.05, 0) is 30.7 Å². The van der Waals surface area contributed by atoms with Gasteiger partial charge in [0.1, 0.15) is 17.5 Å². The molecule has 0 N–H and O–H groups in total. The quantitative estimate of drug-likeness (QED) is 0.682. The molecular weight excluding hydrogens is 213 g/mol. The van der Waals surface area contributed by atoms with E-state index in [9.17, 15) is 13.2 Å². The minimum absolute atomic E-state index is 0.0684. The van der Waals surface area contributed by atoms with Crippen LogP contribution >= 0.6 is 0 Å². The highest BCUT2D eigenvalue weighted by Gasteiger charge is 2.10. The molecule has 0 unspecified atom stereocenters. The smallest absolute Gasteiger partial charge is 0.134 e. The fourth-order valence-corrected chi connectivity index (χ4v) is 1.55. The molecule has 2 aromatic rings. The second-order valence-corrected chi connectivity index (χ2v) is 3.61. The molecule has 0 atom stereocenters. The van der Waals surface area contributed by atoms with Crippen molar-refractivity contribution in [2.75, 3.05) is 0 Å². The van der Waals surface area contributed by atoms with E-state index in [4.69, 9.17) is 0 Å². The van der Waals surface area contributed by atoms with E-state index < -0.39 is 17.5 Å². The van der Waals surface area contributed by atoms with E-state index in [0.717, 1.165) is 17.7 Å². The Bertz CT molecular complexity index is 483. The summed E-state index contributed by atoms with van der Waals surface area (Å²) in [5.74, 6) is -1.94. The molecule has 2 aromatic carbocycles. The Morgan fingerprint density at radius 3 is 1.88 bits per heavy atom. The summed E-state index contributed by atoms with van der Waals surface area (Å²) < 4.78 is 39.7. The summed E-state index contributed by atoms with van der Waals surface area (Å²) in [7, 11) is 0. The van der Waals surface area contributed by atoms with Crippen molar-refractivity contribution in [2.24, 2.45) is 0 Å². The van der Waals surface area contributed by atoms with E-state index >= 15 is 0 Å². The molecule has 0 aliphatic heterocycles. The molecule has 0 amide bonds. The fourth-order valence-electron chi connectivity index (χ4n) is 1.55. The van der Waals surface area contributed by atoms with Crippen molar-refractivity contribution in [3.63, 3.8) is 0 Å². The lowest BCUT2D eigenvalue weighted by Gasteiger charge is -2.05. The van der Waals surface area contributed by atoms with Crippen LogP contribution < -0.4 is 0 Å². The summed E-state index contributed by atoms with van der Waals surface area (Å²) in [5, 5.41) is 0. The molecule has 0 fully saturated rings. The lowest BCUT2D eigenvalue weighted by atomic mass is 10.0. The zero-order chi connectivity index (χ0) is 11.7. The van der Waals surface area contributed by atoms with Crippen molar-refractivity contribution < 1.29 is 13.2 Å². The number of hydrogen-bond acceptors (Lipinski definition) is 0. The Labute approximate surface area is 91.4 Å². The van der Waals surface area contributed by atoms with Crippen LogP contribution in [-0.4, -0.2) is 0 Å². The maximum atomic E-state index is 13.6. The summed E-state index contributed by atoms with van der Waals surface area (Å²) in [6, 6.07) is 7.57. The van der Waals surface area contributed by atoms with E-state index in [1.807, 2.05) is 0 Å². The van der Waals surface area contributed by atoms with Crippen LogP contribution in [0.2, 0.25) is 0 Å². The van der Waals surface area contributed by atoms with Crippen molar-refractivity contribution in [3.05, 3.63) is 59.4 Å². The van der Waals surface area contributed by atoms with Crippen molar-refractivity contribution >= 4 is 0 Å². The van der Waals surface area contributed by atoms with Crippen LogP contribution in [-0.2, 0) is 0 Å². The van der Waals surface area contributed by atoms with Gasteiger partial charge in [0.05, 0.1) is 0 Å². The average Bonchev–Trinajstić information content (AvgIpc) is 2.19. The zero-order valence-electron chi connectivity index (χ0n) is 8.60. The summed E-state index contributed by atoms with van der Waals surface area (Å²) in [6.07, 6.45) is 0. The highest BCUT2D eigenvalue weighted by molar-refractivity contribution is 5.65. The van der Waals surface area contributed by atoms with Crippen LogP contribution in [0.15, 0.2) is 36.4 Å². The molecule has 0 aliphatic rings. The van der Waals surface area contributed by atoms with Gasteiger partial charge in [0.2, 0.25) is 0 Å². The molecule has 16 heavy (non-hydrogen) atoms. The highest BCUT2D eigenvalue weighted by Crippen LogP contribution is 2.26. The van der Waals surface area contributed by atoms with E-state index in [0.29, 0.717) is 0 Å². The Hall–Kier alpha value is -1.77. The normalized spacial score (nSPS) is 10.5. The van der Waals surface area contributed by atoms with Gasteiger partial charge >= 0.3 is 0 Å². The fraction of sp³-hybridized carbons (Fsp3) is 0.0769. The first-order valence-electron chi connectivity index (χ1n) is 4.79. The summed E-state index contributed by atoms with van der Waals surface area (Å²) in [6.45, 7) is 1.74. The van der Waals surface area contributed by atoms with E-state index in [-0.39, 0.29) is 11.1 Å². The molecule has 2 rings (SSSR count). The third-order valence-electron chi connectivity index (χ3n) is 2.35. The van der Waals surface area contributed by atoms with Crippen LogP contribution in [0.4, 0.5) is 13.2 Å². The van der Waals surface area contributed by atoms with Crippen LogP contribution in [0.3, 0.4) is 0 Å². The monoisotopic (exact) mass is 222 g/mol. The largest absolute Gasteiger partial charge is 0.207 e. The molecule has 0 spiro atoms. The lowest BCUT2D eigenvalue weighted by molar-refractivity contribution is 0.582. The molecule has 0 saturated heterocycles. The molecule has 0 nitrogen and oxygen atoms in total. The Balaban J connectivity index is 2.59. The van der Waals surface area contributed by atoms with Crippen molar-refractivity contribution in [1.29, 1.82) is 0 Å². The summed E-state index contributed by atoms with van der Waals surface area (Å²) in [5.41, 5.74) is 0.964. The second-order valence-electron chi connectivity index (χ2n) is 3.61. The van der Waals surface area contributed by atoms with Crippen molar-refractivity contribution in [2.45, 2.75) is 6.92 Å². The number of halogens is 3. The van der Waals surface area contributed by atoms with Gasteiger partial charge < -0.3 is 0 Å². The molecule has 0 saturated carbocycles. The van der Waals surface area contributed by atoms with E-state index in [1.54, 1.807) is 13.0 Å². The highest BCUT2D eigenvalue weighted by atomic mass is 19.1. The second kappa shape index (κ2) is 4.00. The minimum Gasteiger partial charge on any atom is -0.207 e. The van der Waals surface area contributed by atoms with Gasteiger partial charge in [-0.1, -0.05) is 12.1 Å². The molecule has 82 valence electrons. The lowest BCUT2D eigenvalue weighted by Crippen LogP contribution is -1.90. The third-order valence-corrected chi connectivity index (χ3v) is 2.35. The van der Waals surface area contributed by atoms with Gasteiger partial charge in [-0.2, -0.15) is 0 Å². The summed E-state index contributed by atoms with van der Waals surface area (Å²) in [4.78, 5) is 0. The predicted molar refractivity (Wildman–Crippen MR) is 56.5 cm³/mol. The van der Waals surface area contributed by atoms with Crippen LogP contribution in [0.5, 0.6) is 0 Å². The first-order chi connectivity index (χ1) is 7.58. The van der Waals surface area contributed by atoms with Gasteiger partial charge in [0.25, 0.3) is 0 Å². The zero-order valence-corrected chi connectivity index (χ0v) is 8.60. The van der Waals surface area contributed by atoms with Crippen LogP contribution in [0.25, 0.3) is 11.1 Å². The van der Waals surface area contributed by atoms with Crippen LogP contribution in [0.1, 0.15) is 5.56 Å². The SMILES string of the molecule is Cc1ccc(-c2ccc(F)cc2F)c(F)c1.